The Labute approximate surface area is 111 Å². The number of carbonyl (C=O) groups is 1. The van der Waals surface area contributed by atoms with Crippen LogP contribution in [0.3, 0.4) is 0 Å². The molecule has 0 radical (unpaired) electrons. The molecule has 3 heteroatoms. The third-order valence-corrected chi connectivity index (χ3v) is 4.67. The monoisotopic (exact) mass is 256 g/mol. The first kappa shape index (κ1) is 15.5. The number of hydrogen-bond donors (Lipinski definition) is 2. The van der Waals surface area contributed by atoms with Gasteiger partial charge in [-0.3, -0.25) is 4.79 Å². The predicted molar refractivity (Wildman–Crippen MR) is 72.4 cm³/mol. The van der Waals surface area contributed by atoms with E-state index < -0.39 is 11.6 Å². The van der Waals surface area contributed by atoms with Crippen molar-refractivity contribution in [1.29, 1.82) is 0 Å². The Morgan fingerprint density at radius 3 is 2.44 bits per heavy atom. The lowest BCUT2D eigenvalue weighted by atomic mass is 9.60. The van der Waals surface area contributed by atoms with Gasteiger partial charge in [-0.25, -0.2) is 0 Å². The second-order valence-electron chi connectivity index (χ2n) is 7.03. The molecule has 3 nitrogen and oxygen atoms in total. The molecule has 0 amide bonds. The van der Waals surface area contributed by atoms with Gasteiger partial charge < -0.3 is 10.2 Å². The van der Waals surface area contributed by atoms with Gasteiger partial charge in [-0.2, -0.15) is 0 Å². The molecule has 0 saturated heterocycles. The van der Waals surface area contributed by atoms with Crippen LogP contribution in [0, 0.1) is 17.3 Å². The molecule has 0 aliphatic heterocycles. The fraction of sp³-hybridized carbons (Fsp3) is 0.933. The van der Waals surface area contributed by atoms with E-state index in [9.17, 15) is 9.90 Å². The molecule has 1 rings (SSSR count). The Bertz CT molecular complexity index is 278. The number of hydrogen-bond acceptors (Lipinski definition) is 2. The van der Waals surface area contributed by atoms with Crippen molar-refractivity contribution in [2.24, 2.45) is 17.3 Å². The lowest BCUT2D eigenvalue weighted by Crippen LogP contribution is -2.47. The Morgan fingerprint density at radius 1 is 1.33 bits per heavy atom. The summed E-state index contributed by atoms with van der Waals surface area (Å²) in [5.41, 5.74) is -0.435. The van der Waals surface area contributed by atoms with Crippen LogP contribution in [0.1, 0.15) is 66.2 Å². The highest BCUT2D eigenvalue weighted by molar-refractivity contribution is 5.66. The van der Waals surface area contributed by atoms with Crippen LogP contribution in [0.4, 0.5) is 0 Å². The standard InChI is InChI=1S/C15H28O3/c1-11(10-13(16)17)6-7-12-14(2,3)8-5-9-15(12,4)18/h11-12,18H,5-10H2,1-4H3,(H,16,17)/t11-,12+,15+/m0/s1. The summed E-state index contributed by atoms with van der Waals surface area (Å²) >= 11 is 0. The zero-order valence-electron chi connectivity index (χ0n) is 12.2. The van der Waals surface area contributed by atoms with Gasteiger partial charge in [0.1, 0.15) is 0 Å². The van der Waals surface area contributed by atoms with Crippen LogP contribution in [0.2, 0.25) is 0 Å². The van der Waals surface area contributed by atoms with Crippen molar-refractivity contribution in [1.82, 2.24) is 0 Å². The van der Waals surface area contributed by atoms with Crippen molar-refractivity contribution in [3.63, 3.8) is 0 Å². The van der Waals surface area contributed by atoms with Crippen LogP contribution in [0.25, 0.3) is 0 Å². The molecule has 0 heterocycles. The highest BCUT2D eigenvalue weighted by atomic mass is 16.4. The number of aliphatic carboxylic acids is 1. The second kappa shape index (κ2) is 5.60. The van der Waals surface area contributed by atoms with Crippen LogP contribution in [0.5, 0.6) is 0 Å². The topological polar surface area (TPSA) is 57.5 Å². The molecule has 0 bridgehead atoms. The molecule has 3 atom stereocenters. The van der Waals surface area contributed by atoms with E-state index in [2.05, 4.69) is 13.8 Å². The molecule has 106 valence electrons. The molecule has 1 saturated carbocycles. The molecule has 18 heavy (non-hydrogen) atoms. The first-order chi connectivity index (χ1) is 8.15. The van der Waals surface area contributed by atoms with Gasteiger partial charge in [0.15, 0.2) is 0 Å². The minimum absolute atomic E-state index is 0.157. The molecule has 0 aromatic carbocycles. The van der Waals surface area contributed by atoms with E-state index in [0.29, 0.717) is 0 Å². The van der Waals surface area contributed by atoms with Crippen LogP contribution in [-0.2, 0) is 4.79 Å². The molecule has 1 fully saturated rings. The third kappa shape index (κ3) is 3.98. The number of carboxylic acid groups (broad SMARTS) is 1. The van der Waals surface area contributed by atoms with Gasteiger partial charge in [0.25, 0.3) is 0 Å². The van der Waals surface area contributed by atoms with Gasteiger partial charge >= 0.3 is 5.97 Å². The Kier molecular flexibility index (Phi) is 4.82. The smallest absolute Gasteiger partial charge is 0.303 e. The van der Waals surface area contributed by atoms with Gasteiger partial charge in [0.05, 0.1) is 5.60 Å². The van der Waals surface area contributed by atoms with Crippen LogP contribution in [0.15, 0.2) is 0 Å². The summed E-state index contributed by atoms with van der Waals surface area (Å²) in [6.07, 6.45) is 5.15. The Hall–Kier alpha value is -0.570. The van der Waals surface area contributed by atoms with Crippen molar-refractivity contribution < 1.29 is 15.0 Å². The minimum atomic E-state index is -0.725. The lowest BCUT2D eigenvalue weighted by molar-refractivity contribution is -0.138. The number of aliphatic hydroxyl groups is 1. The molecule has 0 unspecified atom stereocenters. The average Bonchev–Trinajstić information content (AvgIpc) is 2.12. The summed E-state index contributed by atoms with van der Waals surface area (Å²) in [7, 11) is 0. The second-order valence-corrected chi connectivity index (χ2v) is 7.03. The number of rotatable bonds is 5. The molecule has 1 aliphatic carbocycles. The van der Waals surface area contributed by atoms with E-state index in [1.807, 2.05) is 13.8 Å². The van der Waals surface area contributed by atoms with Crippen LogP contribution in [-0.4, -0.2) is 21.8 Å². The molecular weight excluding hydrogens is 228 g/mol. The molecule has 0 spiro atoms. The maximum absolute atomic E-state index is 10.7. The van der Waals surface area contributed by atoms with E-state index in [-0.39, 0.29) is 23.7 Å². The SMILES string of the molecule is C[C@@H](CC[C@@H]1C(C)(C)CCC[C@@]1(C)O)CC(=O)O. The van der Waals surface area contributed by atoms with E-state index in [0.717, 1.165) is 32.1 Å². The first-order valence-corrected chi connectivity index (χ1v) is 7.09. The van der Waals surface area contributed by atoms with Crippen molar-refractivity contribution >= 4 is 5.97 Å². The highest BCUT2D eigenvalue weighted by Gasteiger charge is 2.44. The fourth-order valence-corrected chi connectivity index (χ4v) is 3.65. The lowest BCUT2D eigenvalue weighted by Gasteiger charge is -2.48. The molecular formula is C15H28O3. The fourth-order valence-electron chi connectivity index (χ4n) is 3.65. The maximum atomic E-state index is 10.7. The van der Waals surface area contributed by atoms with Crippen LogP contribution < -0.4 is 0 Å². The third-order valence-electron chi connectivity index (χ3n) is 4.67. The minimum Gasteiger partial charge on any atom is -0.481 e. The Balaban J connectivity index is 2.59. The largest absolute Gasteiger partial charge is 0.481 e. The zero-order chi connectivity index (χ0) is 14.0. The summed E-state index contributed by atoms with van der Waals surface area (Å²) in [4.78, 5) is 10.7. The van der Waals surface area contributed by atoms with Crippen molar-refractivity contribution in [3.05, 3.63) is 0 Å². The zero-order valence-corrected chi connectivity index (χ0v) is 12.2. The predicted octanol–water partition coefficient (Wildman–Crippen LogP) is 3.45. The summed E-state index contributed by atoms with van der Waals surface area (Å²) in [6.45, 7) is 8.39. The summed E-state index contributed by atoms with van der Waals surface area (Å²) < 4.78 is 0. The maximum Gasteiger partial charge on any atom is 0.303 e. The van der Waals surface area contributed by atoms with Crippen molar-refractivity contribution in [2.45, 2.75) is 71.8 Å². The highest BCUT2D eigenvalue weighted by Crippen LogP contribution is 2.48. The van der Waals surface area contributed by atoms with Gasteiger partial charge in [-0.15, -0.1) is 0 Å². The Morgan fingerprint density at radius 2 is 1.94 bits per heavy atom. The van der Waals surface area contributed by atoms with Gasteiger partial charge in [0, 0.05) is 6.42 Å². The summed E-state index contributed by atoms with van der Waals surface area (Å²) in [5, 5.41) is 19.3. The first-order valence-electron chi connectivity index (χ1n) is 7.09. The summed E-state index contributed by atoms with van der Waals surface area (Å²) in [5.74, 6) is -0.261. The van der Waals surface area contributed by atoms with E-state index in [1.165, 1.54) is 0 Å². The molecule has 0 aromatic rings. The van der Waals surface area contributed by atoms with E-state index in [1.54, 1.807) is 0 Å². The molecule has 1 aliphatic rings. The van der Waals surface area contributed by atoms with Crippen LogP contribution >= 0.6 is 0 Å². The van der Waals surface area contributed by atoms with Gasteiger partial charge in [-0.05, 0) is 49.9 Å². The average molecular weight is 256 g/mol. The summed E-state index contributed by atoms with van der Waals surface area (Å²) in [6, 6.07) is 0. The van der Waals surface area contributed by atoms with E-state index >= 15 is 0 Å². The quantitative estimate of drug-likeness (QED) is 0.792. The van der Waals surface area contributed by atoms with Gasteiger partial charge in [-0.1, -0.05) is 27.2 Å². The van der Waals surface area contributed by atoms with E-state index in [4.69, 9.17) is 5.11 Å². The van der Waals surface area contributed by atoms with Crippen molar-refractivity contribution in [3.8, 4) is 0 Å². The molecule has 0 aromatic heterocycles. The molecule has 2 N–H and O–H groups in total. The van der Waals surface area contributed by atoms with Crippen molar-refractivity contribution in [2.75, 3.05) is 0 Å². The number of carboxylic acids is 1. The van der Waals surface area contributed by atoms with Gasteiger partial charge in [0.2, 0.25) is 0 Å². The normalized spacial score (nSPS) is 33.1.